The number of nitrogens with one attached hydrogen (secondary N) is 1. The van der Waals surface area contributed by atoms with E-state index in [9.17, 15) is 4.79 Å². The van der Waals surface area contributed by atoms with Gasteiger partial charge < -0.3 is 18.9 Å². The van der Waals surface area contributed by atoms with Crippen LogP contribution in [0.5, 0.6) is 11.5 Å². The predicted octanol–water partition coefficient (Wildman–Crippen LogP) is 5.92. The Morgan fingerprint density at radius 3 is 2.86 bits per heavy atom. The third kappa shape index (κ3) is 3.97. The quantitative estimate of drug-likeness (QED) is 0.324. The van der Waals surface area contributed by atoms with Crippen molar-refractivity contribution in [2.75, 3.05) is 13.7 Å². The Labute approximate surface area is 211 Å². The van der Waals surface area contributed by atoms with Gasteiger partial charge in [-0.15, -0.1) is 11.3 Å². The first-order chi connectivity index (χ1) is 17.6. The van der Waals surface area contributed by atoms with Crippen LogP contribution < -0.4 is 20.6 Å². The van der Waals surface area contributed by atoms with Crippen molar-refractivity contribution in [3.63, 3.8) is 0 Å². The van der Waals surface area contributed by atoms with Gasteiger partial charge >= 0.3 is 0 Å². The van der Waals surface area contributed by atoms with Crippen molar-refractivity contribution in [3.8, 4) is 22.9 Å². The zero-order valence-corrected chi connectivity index (χ0v) is 20.9. The summed E-state index contributed by atoms with van der Waals surface area (Å²) in [6, 6.07) is 15.1. The summed E-state index contributed by atoms with van der Waals surface area (Å²) in [4.78, 5) is 28.0. The molecule has 1 N–H and O–H groups in total. The number of thiophene rings is 1. The fraction of sp³-hybridized carbons (Fsp3) is 0.250. The molecule has 0 radical (unpaired) electrons. The molecule has 36 heavy (non-hydrogen) atoms. The Balaban J connectivity index is 1.62. The molecule has 0 saturated carbocycles. The molecular formula is C28H25N3O4S. The Bertz CT molecular complexity index is 1730. The van der Waals surface area contributed by atoms with Crippen molar-refractivity contribution >= 4 is 38.2 Å². The van der Waals surface area contributed by atoms with Crippen LogP contribution in [0, 0.1) is 0 Å². The van der Waals surface area contributed by atoms with E-state index in [4.69, 9.17) is 23.9 Å². The van der Waals surface area contributed by atoms with Gasteiger partial charge in [-0.25, -0.2) is 9.98 Å². The summed E-state index contributed by atoms with van der Waals surface area (Å²) in [5.74, 6) is 1.75. The molecule has 0 saturated heterocycles. The van der Waals surface area contributed by atoms with E-state index in [1.807, 2.05) is 55.5 Å². The van der Waals surface area contributed by atoms with Gasteiger partial charge in [0.1, 0.15) is 16.4 Å². The number of ether oxygens (including phenoxy) is 2. The van der Waals surface area contributed by atoms with Crippen LogP contribution in [0.3, 0.4) is 0 Å². The van der Waals surface area contributed by atoms with Crippen LogP contribution in [0.15, 0.2) is 62.7 Å². The number of fused-ring (bicyclic) bond motifs is 4. The number of benzene rings is 2. The van der Waals surface area contributed by atoms with Gasteiger partial charge in [0, 0.05) is 16.3 Å². The number of aromatic amines is 1. The molecule has 0 unspecified atom stereocenters. The average Bonchev–Trinajstić information content (AvgIpc) is 3.28. The van der Waals surface area contributed by atoms with E-state index in [2.05, 4.69) is 4.98 Å². The lowest BCUT2D eigenvalue weighted by molar-refractivity contribution is 0.336. The molecule has 0 spiro atoms. The number of hydrogen-bond donors (Lipinski definition) is 1. The number of methoxy groups -OCH3 is 1. The topological polar surface area (TPSA) is 89.7 Å². The van der Waals surface area contributed by atoms with Crippen LogP contribution in [-0.2, 0) is 12.8 Å². The maximum atomic E-state index is 13.3. The molecular weight excluding hydrogens is 474 g/mol. The van der Waals surface area contributed by atoms with Crippen LogP contribution in [0.25, 0.3) is 32.6 Å². The SMILES string of the molecule is CCOc1cccc2cc(-c3nc4sc5c(c4c(=O)[nH]3)CCCC5)c(=Nc3cccc(OC)c3)oc12. The third-order valence-electron chi connectivity index (χ3n) is 6.40. The summed E-state index contributed by atoms with van der Waals surface area (Å²) in [5, 5.41) is 1.55. The molecule has 0 atom stereocenters. The monoisotopic (exact) mass is 499 g/mol. The second-order valence-corrected chi connectivity index (χ2v) is 9.78. The lowest BCUT2D eigenvalue weighted by Crippen LogP contribution is -2.15. The lowest BCUT2D eigenvalue weighted by atomic mass is 9.97. The first-order valence-corrected chi connectivity index (χ1v) is 12.9. The minimum atomic E-state index is -0.120. The van der Waals surface area contributed by atoms with Gasteiger partial charge in [-0.05, 0) is 62.4 Å². The minimum absolute atomic E-state index is 0.120. The number of para-hydroxylation sites is 1. The van der Waals surface area contributed by atoms with Crippen LogP contribution in [-0.4, -0.2) is 23.7 Å². The second-order valence-electron chi connectivity index (χ2n) is 8.69. The Kier molecular flexibility index (Phi) is 5.81. The molecule has 0 bridgehead atoms. The lowest BCUT2D eigenvalue weighted by Gasteiger charge is -2.10. The number of aryl methyl sites for hydroxylation is 2. The van der Waals surface area contributed by atoms with Crippen molar-refractivity contribution in [2.45, 2.75) is 32.6 Å². The first-order valence-electron chi connectivity index (χ1n) is 12.1. The molecule has 5 aromatic rings. The van der Waals surface area contributed by atoms with Gasteiger partial charge in [-0.2, -0.15) is 0 Å². The number of aromatic nitrogens is 2. The fourth-order valence-corrected chi connectivity index (χ4v) is 6.00. The molecule has 3 heterocycles. The standard InChI is InChI=1S/C28H25N3O4S/c1-3-34-21-12-6-8-16-14-20(27(35-24(16)21)29-17-9-7-10-18(15-17)33-2)25-30-26(32)23-19-11-4-5-13-22(19)36-28(23)31-25/h6-10,12,14-15H,3-5,11,13H2,1-2H3,(H,30,31,32). The van der Waals surface area contributed by atoms with E-state index < -0.39 is 0 Å². The van der Waals surface area contributed by atoms with Gasteiger partial charge in [0.2, 0.25) is 5.55 Å². The highest BCUT2D eigenvalue weighted by Crippen LogP contribution is 2.34. The Morgan fingerprint density at radius 2 is 2.00 bits per heavy atom. The molecule has 0 aliphatic heterocycles. The molecule has 6 rings (SSSR count). The Morgan fingerprint density at radius 1 is 1.14 bits per heavy atom. The van der Waals surface area contributed by atoms with Crippen molar-refractivity contribution in [1.29, 1.82) is 0 Å². The van der Waals surface area contributed by atoms with Crippen LogP contribution in [0.1, 0.15) is 30.2 Å². The largest absolute Gasteiger partial charge is 0.497 e. The number of rotatable bonds is 5. The van der Waals surface area contributed by atoms with E-state index in [0.717, 1.165) is 46.8 Å². The minimum Gasteiger partial charge on any atom is -0.497 e. The van der Waals surface area contributed by atoms with Gasteiger partial charge in [-0.1, -0.05) is 18.2 Å². The summed E-state index contributed by atoms with van der Waals surface area (Å²) in [6.07, 6.45) is 4.20. The van der Waals surface area contributed by atoms with Crippen LogP contribution in [0.4, 0.5) is 5.69 Å². The molecule has 2 aromatic carbocycles. The average molecular weight is 500 g/mol. The fourth-order valence-electron chi connectivity index (χ4n) is 4.74. The van der Waals surface area contributed by atoms with Crippen LogP contribution >= 0.6 is 11.3 Å². The second kappa shape index (κ2) is 9.28. The molecule has 3 aromatic heterocycles. The van der Waals surface area contributed by atoms with Crippen molar-refractivity contribution in [2.24, 2.45) is 4.99 Å². The van der Waals surface area contributed by atoms with E-state index in [1.165, 1.54) is 4.88 Å². The van der Waals surface area contributed by atoms with Crippen LogP contribution in [0.2, 0.25) is 0 Å². The smallest absolute Gasteiger partial charge is 0.260 e. The molecule has 182 valence electrons. The molecule has 0 amide bonds. The highest BCUT2D eigenvalue weighted by molar-refractivity contribution is 7.18. The van der Waals surface area contributed by atoms with Crippen molar-refractivity contribution in [3.05, 3.63) is 74.9 Å². The first kappa shape index (κ1) is 22.5. The van der Waals surface area contributed by atoms with Gasteiger partial charge in [0.15, 0.2) is 11.3 Å². The van der Waals surface area contributed by atoms with E-state index >= 15 is 0 Å². The maximum absolute atomic E-state index is 13.3. The normalized spacial score (nSPS) is 13.8. The molecule has 1 aliphatic rings. The number of hydrogen-bond acceptors (Lipinski definition) is 7. The van der Waals surface area contributed by atoms with E-state index in [0.29, 0.717) is 46.3 Å². The summed E-state index contributed by atoms with van der Waals surface area (Å²) in [6.45, 7) is 2.44. The van der Waals surface area contributed by atoms with Crippen molar-refractivity contribution < 1.29 is 13.9 Å². The number of nitrogens with zero attached hydrogens (tertiary/aromatic N) is 2. The third-order valence-corrected chi connectivity index (χ3v) is 7.59. The molecule has 1 aliphatic carbocycles. The Hall–Kier alpha value is -3.91. The highest BCUT2D eigenvalue weighted by Gasteiger charge is 2.21. The predicted molar refractivity (Wildman–Crippen MR) is 141 cm³/mol. The zero-order chi connectivity index (χ0) is 24.6. The van der Waals surface area contributed by atoms with Gasteiger partial charge in [0.05, 0.1) is 30.4 Å². The molecule has 7 nitrogen and oxygen atoms in total. The van der Waals surface area contributed by atoms with E-state index in [-0.39, 0.29) is 5.56 Å². The molecule has 0 fully saturated rings. The zero-order valence-electron chi connectivity index (χ0n) is 20.1. The number of H-pyrrole nitrogens is 1. The maximum Gasteiger partial charge on any atom is 0.260 e. The summed E-state index contributed by atoms with van der Waals surface area (Å²) < 4.78 is 17.5. The molecule has 8 heteroatoms. The van der Waals surface area contributed by atoms with Gasteiger partial charge in [0.25, 0.3) is 5.56 Å². The van der Waals surface area contributed by atoms with Gasteiger partial charge in [-0.3, -0.25) is 4.79 Å². The summed E-state index contributed by atoms with van der Waals surface area (Å²) in [7, 11) is 1.61. The summed E-state index contributed by atoms with van der Waals surface area (Å²) >= 11 is 1.62. The van der Waals surface area contributed by atoms with E-state index in [1.54, 1.807) is 18.4 Å². The van der Waals surface area contributed by atoms with Crippen molar-refractivity contribution in [1.82, 2.24) is 9.97 Å². The summed E-state index contributed by atoms with van der Waals surface area (Å²) in [5.41, 5.74) is 3.20. The highest BCUT2D eigenvalue weighted by atomic mass is 32.1.